The molecule has 17 heavy (non-hydrogen) atoms. The molecule has 0 bridgehead atoms. The predicted molar refractivity (Wildman–Crippen MR) is 73.6 cm³/mol. The number of nitrogens with two attached hydrogens (primary N) is 1. The van der Waals surface area contributed by atoms with E-state index in [-0.39, 0.29) is 0 Å². The third-order valence-corrected chi connectivity index (χ3v) is 4.13. The molecule has 1 fully saturated rings. The Kier molecular flexibility index (Phi) is 4.69. The van der Waals surface area contributed by atoms with E-state index in [1.54, 1.807) is 0 Å². The van der Waals surface area contributed by atoms with Gasteiger partial charge in [0.15, 0.2) is 0 Å². The van der Waals surface area contributed by atoms with E-state index in [0.29, 0.717) is 16.1 Å². The van der Waals surface area contributed by atoms with Crippen LogP contribution in [-0.4, -0.2) is 24.0 Å². The summed E-state index contributed by atoms with van der Waals surface area (Å²) < 4.78 is 0. The smallest absolute Gasteiger partial charge is 0.0595 e. The minimum absolute atomic E-state index is 0.512. The Morgan fingerprint density at radius 2 is 2.06 bits per heavy atom. The van der Waals surface area contributed by atoms with E-state index in [0.717, 1.165) is 19.6 Å². The first-order chi connectivity index (χ1) is 8.20. The van der Waals surface area contributed by atoms with Gasteiger partial charge in [-0.1, -0.05) is 35.7 Å². The highest BCUT2D eigenvalue weighted by Gasteiger charge is 2.20. The molecule has 1 saturated heterocycles. The van der Waals surface area contributed by atoms with Gasteiger partial charge in [-0.3, -0.25) is 4.90 Å². The number of hydrogen-bond donors (Lipinski definition) is 1. The Labute approximate surface area is 113 Å². The monoisotopic (exact) mass is 272 g/mol. The van der Waals surface area contributed by atoms with Crippen LogP contribution >= 0.6 is 23.2 Å². The number of rotatable bonds is 3. The summed E-state index contributed by atoms with van der Waals surface area (Å²) in [5.41, 5.74) is 7.02. The maximum absolute atomic E-state index is 6.03. The van der Waals surface area contributed by atoms with Gasteiger partial charge in [-0.15, -0.1) is 0 Å². The maximum atomic E-state index is 6.03. The van der Waals surface area contributed by atoms with Crippen LogP contribution in [0.25, 0.3) is 0 Å². The van der Waals surface area contributed by atoms with Gasteiger partial charge in [0.2, 0.25) is 0 Å². The highest BCUT2D eigenvalue weighted by molar-refractivity contribution is 6.42. The van der Waals surface area contributed by atoms with Crippen molar-refractivity contribution in [1.29, 1.82) is 0 Å². The molecule has 1 heterocycles. The van der Waals surface area contributed by atoms with E-state index >= 15 is 0 Å². The summed E-state index contributed by atoms with van der Waals surface area (Å²) in [6, 6.07) is 6.36. The van der Waals surface area contributed by atoms with Crippen LogP contribution in [-0.2, 0) is 6.54 Å². The number of piperidine rings is 1. The van der Waals surface area contributed by atoms with Crippen LogP contribution in [0.15, 0.2) is 18.2 Å². The third-order valence-electron chi connectivity index (χ3n) is 3.39. The van der Waals surface area contributed by atoms with Gasteiger partial charge in [0.1, 0.15) is 0 Å². The molecule has 2 rings (SSSR count). The predicted octanol–water partition coefficient (Wildman–Crippen LogP) is 3.31. The minimum atomic E-state index is 0.512. The SMILES string of the molecule is NCC1CCCCN1Cc1ccc(Cl)c(Cl)c1. The second kappa shape index (κ2) is 6.05. The van der Waals surface area contributed by atoms with E-state index in [1.165, 1.54) is 24.8 Å². The fourth-order valence-corrected chi connectivity index (χ4v) is 2.73. The van der Waals surface area contributed by atoms with E-state index in [2.05, 4.69) is 4.90 Å². The van der Waals surface area contributed by atoms with Crippen molar-refractivity contribution < 1.29 is 0 Å². The molecule has 0 aliphatic carbocycles. The van der Waals surface area contributed by atoms with E-state index < -0.39 is 0 Å². The molecule has 94 valence electrons. The highest BCUT2D eigenvalue weighted by atomic mass is 35.5. The molecule has 0 amide bonds. The van der Waals surface area contributed by atoms with Crippen molar-refractivity contribution >= 4 is 23.2 Å². The summed E-state index contributed by atoms with van der Waals surface area (Å²) in [7, 11) is 0. The van der Waals surface area contributed by atoms with Gasteiger partial charge in [-0.2, -0.15) is 0 Å². The molecule has 1 atom stereocenters. The summed E-state index contributed by atoms with van der Waals surface area (Å²) in [5, 5.41) is 1.25. The van der Waals surface area contributed by atoms with Crippen molar-refractivity contribution in [3.05, 3.63) is 33.8 Å². The third kappa shape index (κ3) is 3.35. The van der Waals surface area contributed by atoms with Crippen LogP contribution < -0.4 is 5.73 Å². The molecule has 1 aromatic rings. The van der Waals surface area contributed by atoms with Gasteiger partial charge in [0.05, 0.1) is 10.0 Å². The van der Waals surface area contributed by atoms with Crippen molar-refractivity contribution in [3.8, 4) is 0 Å². The lowest BCUT2D eigenvalue weighted by atomic mass is 10.0. The first kappa shape index (κ1) is 13.2. The molecule has 0 saturated carbocycles. The normalized spacial score (nSPS) is 21.7. The Morgan fingerprint density at radius 3 is 2.76 bits per heavy atom. The average molecular weight is 273 g/mol. The van der Waals surface area contributed by atoms with Gasteiger partial charge < -0.3 is 5.73 Å². The molecule has 1 aliphatic rings. The quantitative estimate of drug-likeness (QED) is 0.915. The highest BCUT2D eigenvalue weighted by Crippen LogP contribution is 2.25. The summed E-state index contributed by atoms with van der Waals surface area (Å²) in [4.78, 5) is 2.45. The Morgan fingerprint density at radius 1 is 1.24 bits per heavy atom. The van der Waals surface area contributed by atoms with Crippen LogP contribution in [0.1, 0.15) is 24.8 Å². The Hall–Kier alpha value is -0.280. The molecule has 0 radical (unpaired) electrons. The zero-order chi connectivity index (χ0) is 12.3. The fraction of sp³-hybridized carbons (Fsp3) is 0.538. The number of nitrogens with zero attached hydrogens (tertiary/aromatic N) is 1. The van der Waals surface area contributed by atoms with Crippen molar-refractivity contribution in [2.75, 3.05) is 13.1 Å². The van der Waals surface area contributed by atoms with Gasteiger partial charge in [0, 0.05) is 19.1 Å². The average Bonchev–Trinajstić information content (AvgIpc) is 2.34. The van der Waals surface area contributed by atoms with Crippen LogP contribution in [0.2, 0.25) is 10.0 Å². The molecule has 2 nitrogen and oxygen atoms in total. The second-order valence-corrected chi connectivity index (χ2v) is 5.42. The first-order valence-electron chi connectivity index (χ1n) is 6.08. The van der Waals surface area contributed by atoms with Crippen LogP contribution in [0.4, 0.5) is 0 Å². The number of likely N-dealkylation sites (tertiary alicyclic amines) is 1. The van der Waals surface area contributed by atoms with Crippen LogP contribution in [0.3, 0.4) is 0 Å². The van der Waals surface area contributed by atoms with E-state index in [9.17, 15) is 0 Å². The molecule has 0 aromatic heterocycles. The fourth-order valence-electron chi connectivity index (χ4n) is 2.41. The van der Waals surface area contributed by atoms with Gasteiger partial charge in [0.25, 0.3) is 0 Å². The van der Waals surface area contributed by atoms with E-state index in [4.69, 9.17) is 28.9 Å². The minimum Gasteiger partial charge on any atom is -0.329 e. The molecule has 1 unspecified atom stereocenters. The first-order valence-corrected chi connectivity index (χ1v) is 6.84. The Balaban J connectivity index is 2.05. The van der Waals surface area contributed by atoms with E-state index in [1.807, 2.05) is 18.2 Å². The summed E-state index contributed by atoms with van der Waals surface area (Å²) in [6.07, 6.45) is 3.76. The van der Waals surface area contributed by atoms with Crippen LogP contribution in [0, 0.1) is 0 Å². The molecule has 1 aliphatic heterocycles. The Bertz CT molecular complexity index is 382. The number of hydrogen-bond acceptors (Lipinski definition) is 2. The lowest BCUT2D eigenvalue weighted by Crippen LogP contribution is -2.43. The number of benzene rings is 1. The lowest BCUT2D eigenvalue weighted by Gasteiger charge is -2.35. The van der Waals surface area contributed by atoms with Gasteiger partial charge in [-0.05, 0) is 37.1 Å². The zero-order valence-electron chi connectivity index (χ0n) is 9.83. The lowest BCUT2D eigenvalue weighted by molar-refractivity contribution is 0.145. The van der Waals surface area contributed by atoms with Crippen molar-refractivity contribution in [2.45, 2.75) is 31.8 Å². The molecule has 2 N–H and O–H groups in total. The van der Waals surface area contributed by atoms with Crippen LogP contribution in [0.5, 0.6) is 0 Å². The van der Waals surface area contributed by atoms with Gasteiger partial charge in [-0.25, -0.2) is 0 Å². The molecular weight excluding hydrogens is 255 g/mol. The van der Waals surface area contributed by atoms with Crippen molar-refractivity contribution in [1.82, 2.24) is 4.90 Å². The molecular formula is C13H18Cl2N2. The summed E-state index contributed by atoms with van der Waals surface area (Å²) in [6.45, 7) is 2.78. The van der Waals surface area contributed by atoms with Crippen molar-refractivity contribution in [2.24, 2.45) is 5.73 Å². The topological polar surface area (TPSA) is 29.3 Å². The maximum Gasteiger partial charge on any atom is 0.0595 e. The zero-order valence-corrected chi connectivity index (χ0v) is 11.3. The number of halogens is 2. The summed E-state index contributed by atoms with van der Waals surface area (Å²) in [5.74, 6) is 0. The second-order valence-electron chi connectivity index (χ2n) is 4.60. The molecule has 0 spiro atoms. The van der Waals surface area contributed by atoms with Gasteiger partial charge >= 0.3 is 0 Å². The summed E-state index contributed by atoms with van der Waals surface area (Å²) >= 11 is 11.9. The molecule has 1 aromatic carbocycles. The standard InChI is InChI=1S/C13H18Cl2N2/c14-12-5-4-10(7-13(12)15)9-17-6-2-1-3-11(17)8-16/h4-5,7,11H,1-3,6,8-9,16H2. The molecule has 4 heteroatoms. The van der Waals surface area contributed by atoms with Crippen molar-refractivity contribution in [3.63, 3.8) is 0 Å². The largest absolute Gasteiger partial charge is 0.329 e.